The van der Waals surface area contributed by atoms with Gasteiger partial charge in [0.2, 0.25) is 11.8 Å². The van der Waals surface area contributed by atoms with Crippen molar-refractivity contribution in [1.82, 2.24) is 9.80 Å². The summed E-state index contributed by atoms with van der Waals surface area (Å²) in [6.07, 6.45) is 8.78. The Hall–Kier alpha value is -1.84. The van der Waals surface area contributed by atoms with Crippen LogP contribution in [0.3, 0.4) is 0 Å². The first kappa shape index (κ1) is 17.3. The van der Waals surface area contributed by atoms with Gasteiger partial charge in [-0.05, 0) is 55.9 Å². The van der Waals surface area contributed by atoms with Crippen LogP contribution in [0.25, 0.3) is 0 Å². The highest BCUT2D eigenvalue weighted by molar-refractivity contribution is 5.91. The van der Waals surface area contributed by atoms with Crippen molar-refractivity contribution in [1.29, 1.82) is 0 Å². The molecule has 2 aliphatic heterocycles. The van der Waals surface area contributed by atoms with Crippen molar-refractivity contribution >= 4 is 11.8 Å². The number of likely N-dealkylation sites (tertiary alicyclic amines) is 2. The van der Waals surface area contributed by atoms with E-state index >= 15 is 0 Å². The van der Waals surface area contributed by atoms with Gasteiger partial charge >= 0.3 is 0 Å². The lowest BCUT2D eigenvalue weighted by atomic mass is 9.84. The second kappa shape index (κ2) is 6.96. The molecule has 4 nitrogen and oxygen atoms in total. The Morgan fingerprint density at radius 1 is 0.852 bits per heavy atom. The summed E-state index contributed by atoms with van der Waals surface area (Å²) >= 11 is 0. The third-order valence-electron chi connectivity index (χ3n) is 7.38. The number of rotatable bonds is 3. The molecule has 4 unspecified atom stereocenters. The third kappa shape index (κ3) is 3.07. The highest BCUT2D eigenvalue weighted by Gasteiger charge is 2.54. The van der Waals surface area contributed by atoms with Gasteiger partial charge in [-0.25, -0.2) is 0 Å². The molecule has 0 aromatic heterocycles. The van der Waals surface area contributed by atoms with E-state index in [0.29, 0.717) is 17.9 Å². The Labute approximate surface area is 161 Å². The highest BCUT2D eigenvalue weighted by Crippen LogP contribution is 2.51. The van der Waals surface area contributed by atoms with E-state index in [1.54, 1.807) is 0 Å². The van der Waals surface area contributed by atoms with Crippen molar-refractivity contribution in [3.63, 3.8) is 0 Å². The molecule has 4 aliphatic rings. The van der Waals surface area contributed by atoms with Crippen molar-refractivity contribution in [3.8, 4) is 0 Å². The molecule has 1 aromatic rings. The smallest absolute Gasteiger partial charge is 0.245 e. The molecule has 2 heterocycles. The van der Waals surface area contributed by atoms with Gasteiger partial charge in [0, 0.05) is 25.0 Å². The maximum absolute atomic E-state index is 13.5. The van der Waals surface area contributed by atoms with E-state index in [9.17, 15) is 9.59 Å². The average molecular weight is 367 g/mol. The minimum Gasteiger partial charge on any atom is -0.341 e. The van der Waals surface area contributed by atoms with Crippen LogP contribution in [0.1, 0.15) is 62.8 Å². The highest BCUT2D eigenvalue weighted by atomic mass is 16.2. The van der Waals surface area contributed by atoms with Crippen LogP contribution in [0.5, 0.6) is 0 Å². The molecule has 5 atom stereocenters. The minimum absolute atomic E-state index is 0.0851. The van der Waals surface area contributed by atoms with E-state index in [1.807, 2.05) is 11.0 Å². The number of carbonyl (C=O) groups is 2. The molecule has 0 bridgehead atoms. The van der Waals surface area contributed by atoms with Gasteiger partial charge in [-0.2, -0.15) is 0 Å². The fraction of sp³-hybridized carbons (Fsp3) is 0.652. The Balaban J connectivity index is 1.37. The van der Waals surface area contributed by atoms with Crippen molar-refractivity contribution in [2.24, 2.45) is 11.8 Å². The summed E-state index contributed by atoms with van der Waals surface area (Å²) in [5.74, 6) is 1.46. The first-order chi connectivity index (χ1) is 13.2. The lowest BCUT2D eigenvalue weighted by Gasteiger charge is -2.35. The van der Waals surface area contributed by atoms with Crippen molar-refractivity contribution in [3.05, 3.63) is 35.9 Å². The van der Waals surface area contributed by atoms with Crippen molar-refractivity contribution in [2.75, 3.05) is 13.1 Å². The van der Waals surface area contributed by atoms with Gasteiger partial charge in [-0.3, -0.25) is 9.59 Å². The van der Waals surface area contributed by atoms with Crippen LogP contribution in [0.4, 0.5) is 0 Å². The molecule has 2 amide bonds. The zero-order valence-corrected chi connectivity index (χ0v) is 16.1. The molecule has 0 N–H and O–H groups in total. The Kier molecular flexibility index (Phi) is 4.45. The van der Waals surface area contributed by atoms with Gasteiger partial charge in [-0.15, -0.1) is 0 Å². The SMILES string of the molecule is O=C([C@@H]1CC2CCCCC2N1C(=O)C1CC1c1ccccc1)N1CCCC1. The van der Waals surface area contributed by atoms with Crippen LogP contribution >= 0.6 is 0 Å². The second-order valence-electron chi connectivity index (χ2n) is 9.00. The lowest BCUT2D eigenvalue weighted by molar-refractivity contribution is -0.146. The molecule has 1 aromatic carbocycles. The van der Waals surface area contributed by atoms with Crippen LogP contribution in [0.15, 0.2) is 30.3 Å². The normalized spacial score (nSPS) is 35.2. The Bertz CT molecular complexity index is 712. The quantitative estimate of drug-likeness (QED) is 0.820. The molecule has 144 valence electrons. The number of carbonyl (C=O) groups excluding carboxylic acids is 2. The first-order valence-electron chi connectivity index (χ1n) is 10.9. The number of amides is 2. The van der Waals surface area contributed by atoms with Gasteiger partial charge in [0.15, 0.2) is 0 Å². The summed E-state index contributed by atoms with van der Waals surface area (Å²) in [6, 6.07) is 10.5. The third-order valence-corrected chi connectivity index (χ3v) is 7.38. The van der Waals surface area contributed by atoms with Gasteiger partial charge in [0.05, 0.1) is 0 Å². The van der Waals surface area contributed by atoms with Crippen LogP contribution in [-0.2, 0) is 9.59 Å². The summed E-state index contributed by atoms with van der Waals surface area (Å²) in [5, 5.41) is 0. The fourth-order valence-electron chi connectivity index (χ4n) is 5.87. The number of benzene rings is 1. The summed E-state index contributed by atoms with van der Waals surface area (Å²) < 4.78 is 0. The van der Waals surface area contributed by atoms with E-state index in [2.05, 4.69) is 29.2 Å². The van der Waals surface area contributed by atoms with Crippen molar-refractivity contribution < 1.29 is 9.59 Å². The van der Waals surface area contributed by atoms with Crippen LogP contribution < -0.4 is 0 Å². The number of hydrogen-bond acceptors (Lipinski definition) is 2. The molecule has 4 heteroatoms. The van der Waals surface area contributed by atoms with E-state index < -0.39 is 0 Å². The fourth-order valence-corrected chi connectivity index (χ4v) is 5.87. The van der Waals surface area contributed by atoms with Crippen LogP contribution in [0.2, 0.25) is 0 Å². The van der Waals surface area contributed by atoms with E-state index in [0.717, 1.165) is 45.2 Å². The van der Waals surface area contributed by atoms with Gasteiger partial charge in [0.25, 0.3) is 0 Å². The zero-order chi connectivity index (χ0) is 18.4. The topological polar surface area (TPSA) is 40.6 Å². The van der Waals surface area contributed by atoms with Gasteiger partial charge < -0.3 is 9.80 Å². The molecule has 5 rings (SSSR count). The molecular weight excluding hydrogens is 336 g/mol. The maximum Gasteiger partial charge on any atom is 0.245 e. The van der Waals surface area contributed by atoms with E-state index in [1.165, 1.54) is 24.8 Å². The monoisotopic (exact) mass is 366 g/mol. The summed E-state index contributed by atoms with van der Waals surface area (Å²) in [5.41, 5.74) is 1.28. The molecule has 2 aliphatic carbocycles. The largest absolute Gasteiger partial charge is 0.341 e. The standard InChI is InChI=1S/C23H30N2O2/c26-22(19-15-18(19)16-8-2-1-3-9-16)25-20-11-5-4-10-17(20)14-21(25)23(27)24-12-6-7-13-24/h1-3,8-9,17-21H,4-7,10-15H2/t17?,18?,19?,20?,21-/m0/s1. The maximum atomic E-state index is 13.5. The number of hydrogen-bond donors (Lipinski definition) is 0. The molecule has 27 heavy (non-hydrogen) atoms. The molecule has 4 fully saturated rings. The Morgan fingerprint density at radius 3 is 2.37 bits per heavy atom. The average Bonchev–Trinajstić information content (AvgIpc) is 3.14. The number of fused-ring (bicyclic) bond motifs is 1. The zero-order valence-electron chi connectivity index (χ0n) is 16.1. The summed E-state index contributed by atoms with van der Waals surface area (Å²) in [7, 11) is 0. The van der Waals surface area contributed by atoms with E-state index in [-0.39, 0.29) is 23.8 Å². The second-order valence-corrected chi connectivity index (χ2v) is 9.00. The van der Waals surface area contributed by atoms with E-state index in [4.69, 9.17) is 0 Å². The summed E-state index contributed by atoms with van der Waals surface area (Å²) in [6.45, 7) is 1.76. The molecule has 2 saturated heterocycles. The van der Waals surface area contributed by atoms with Crippen LogP contribution in [-0.4, -0.2) is 46.8 Å². The molecule has 0 spiro atoms. The first-order valence-corrected chi connectivity index (χ1v) is 10.9. The van der Waals surface area contributed by atoms with Gasteiger partial charge in [0.1, 0.15) is 6.04 Å². The molecule has 0 radical (unpaired) electrons. The minimum atomic E-state index is -0.194. The summed E-state index contributed by atoms with van der Waals surface area (Å²) in [4.78, 5) is 30.9. The molecule has 2 saturated carbocycles. The number of nitrogens with zero attached hydrogens (tertiary/aromatic N) is 2. The predicted molar refractivity (Wildman–Crippen MR) is 104 cm³/mol. The predicted octanol–water partition coefficient (Wildman–Crippen LogP) is 3.57. The lowest BCUT2D eigenvalue weighted by Crippen LogP contribution is -2.50. The van der Waals surface area contributed by atoms with Crippen molar-refractivity contribution in [2.45, 2.75) is 69.4 Å². The van der Waals surface area contributed by atoms with Gasteiger partial charge in [-0.1, -0.05) is 43.2 Å². The van der Waals surface area contributed by atoms with Crippen LogP contribution in [0, 0.1) is 11.8 Å². The Morgan fingerprint density at radius 2 is 1.59 bits per heavy atom. The molecular formula is C23H30N2O2.